The Morgan fingerprint density at radius 2 is 1.58 bits per heavy atom. The monoisotopic (exact) mass is 368 g/mol. The van der Waals surface area contributed by atoms with Crippen LogP contribution >= 0.6 is 11.8 Å². The molecule has 1 aliphatic carbocycles. The second-order valence-electron chi connectivity index (χ2n) is 8.45. The molecule has 2 aromatic rings. The van der Waals surface area contributed by atoms with Crippen molar-refractivity contribution in [2.45, 2.75) is 62.0 Å². The predicted octanol–water partition coefficient (Wildman–Crippen LogP) is 6.11. The molecule has 2 aromatic carbocycles. The molecule has 0 N–H and O–H groups in total. The van der Waals surface area contributed by atoms with Crippen LogP contribution in [0.3, 0.4) is 0 Å². The highest BCUT2D eigenvalue weighted by atomic mass is 32.2. The van der Waals surface area contributed by atoms with E-state index < -0.39 is 0 Å². The van der Waals surface area contributed by atoms with E-state index in [0.29, 0.717) is 5.56 Å². The molecule has 0 atom stereocenters. The van der Waals surface area contributed by atoms with E-state index in [-0.39, 0.29) is 16.8 Å². The lowest BCUT2D eigenvalue weighted by molar-refractivity contribution is 0.0600. The van der Waals surface area contributed by atoms with Crippen LogP contribution in [0.4, 0.5) is 0 Å². The number of carbonyl (C=O) groups excluding carboxylic acids is 1. The molecule has 1 aliphatic rings. The zero-order valence-corrected chi connectivity index (χ0v) is 17.2. The molecule has 0 amide bonds. The van der Waals surface area contributed by atoms with E-state index in [4.69, 9.17) is 4.74 Å². The second-order valence-corrected chi connectivity index (χ2v) is 9.50. The van der Waals surface area contributed by atoms with E-state index in [1.807, 2.05) is 24.3 Å². The van der Waals surface area contributed by atoms with Gasteiger partial charge in [-0.05, 0) is 64.6 Å². The minimum Gasteiger partial charge on any atom is -0.465 e. The number of rotatable bonds is 4. The Bertz CT molecular complexity index is 803. The molecule has 138 valence electrons. The highest BCUT2D eigenvalue weighted by Crippen LogP contribution is 2.46. The van der Waals surface area contributed by atoms with Gasteiger partial charge in [0.1, 0.15) is 0 Å². The maximum atomic E-state index is 11.5. The van der Waals surface area contributed by atoms with Crippen LogP contribution in [0.15, 0.2) is 47.4 Å². The van der Waals surface area contributed by atoms with Gasteiger partial charge >= 0.3 is 5.97 Å². The second kappa shape index (κ2) is 7.11. The lowest BCUT2D eigenvalue weighted by atomic mass is 9.63. The average Bonchev–Trinajstić information content (AvgIpc) is 2.63. The summed E-state index contributed by atoms with van der Waals surface area (Å²) in [6, 6.07) is 14.7. The van der Waals surface area contributed by atoms with Gasteiger partial charge in [0.15, 0.2) is 0 Å². The fraction of sp³-hybridized carbons (Fsp3) is 0.435. The molecular weight excluding hydrogens is 340 g/mol. The third kappa shape index (κ3) is 3.83. The quantitative estimate of drug-likeness (QED) is 0.481. The molecule has 0 saturated heterocycles. The molecule has 3 rings (SSSR count). The standard InChI is InChI=1S/C23H28O2S/c1-22(2)12-13-23(3,4)20-14-16(6-11-19(20)22)15-26-18-9-7-17(8-10-18)21(24)25-5/h6-11,14H,12-13,15H2,1-5H3. The van der Waals surface area contributed by atoms with Crippen LogP contribution in [0.1, 0.15) is 67.6 Å². The number of hydrogen-bond acceptors (Lipinski definition) is 3. The molecule has 0 saturated carbocycles. The Morgan fingerprint density at radius 3 is 2.19 bits per heavy atom. The van der Waals surface area contributed by atoms with Crippen LogP contribution in [-0.4, -0.2) is 13.1 Å². The lowest BCUT2D eigenvalue weighted by Gasteiger charge is -2.42. The molecular formula is C23H28O2S. The first-order valence-corrected chi connectivity index (χ1v) is 10.2. The van der Waals surface area contributed by atoms with E-state index in [0.717, 1.165) is 10.6 Å². The summed E-state index contributed by atoms with van der Waals surface area (Å²) in [6.07, 6.45) is 2.48. The van der Waals surface area contributed by atoms with E-state index in [1.54, 1.807) is 11.8 Å². The smallest absolute Gasteiger partial charge is 0.337 e. The summed E-state index contributed by atoms with van der Waals surface area (Å²) in [6.45, 7) is 9.45. The fourth-order valence-corrected chi connectivity index (χ4v) is 4.54. The molecule has 0 aromatic heterocycles. The fourth-order valence-electron chi connectivity index (χ4n) is 3.70. The number of methoxy groups -OCH3 is 1. The number of hydrogen-bond donors (Lipinski definition) is 0. The van der Waals surface area contributed by atoms with Crippen molar-refractivity contribution in [1.82, 2.24) is 0 Å². The molecule has 0 aliphatic heterocycles. The van der Waals surface area contributed by atoms with Gasteiger partial charge in [-0.25, -0.2) is 4.79 Å². The number of carbonyl (C=O) groups is 1. The Morgan fingerprint density at radius 1 is 0.962 bits per heavy atom. The van der Waals surface area contributed by atoms with E-state index in [1.165, 1.54) is 36.6 Å². The summed E-state index contributed by atoms with van der Waals surface area (Å²) in [5.41, 5.74) is 5.47. The molecule has 0 heterocycles. The van der Waals surface area contributed by atoms with Gasteiger partial charge in [-0.15, -0.1) is 11.8 Å². The topological polar surface area (TPSA) is 26.3 Å². The number of esters is 1. The molecule has 3 heteroatoms. The molecule has 0 bridgehead atoms. The SMILES string of the molecule is COC(=O)c1ccc(SCc2ccc3c(c2)C(C)(C)CCC3(C)C)cc1. The van der Waals surface area contributed by atoms with E-state index >= 15 is 0 Å². The molecule has 0 spiro atoms. The number of ether oxygens (including phenoxy) is 1. The zero-order chi connectivity index (χ0) is 18.9. The average molecular weight is 369 g/mol. The summed E-state index contributed by atoms with van der Waals surface area (Å²) in [4.78, 5) is 12.7. The highest BCUT2D eigenvalue weighted by molar-refractivity contribution is 7.98. The minimum absolute atomic E-state index is 0.244. The van der Waals surface area contributed by atoms with Crippen molar-refractivity contribution in [2.24, 2.45) is 0 Å². The first-order chi connectivity index (χ1) is 12.2. The molecule has 2 nitrogen and oxygen atoms in total. The maximum absolute atomic E-state index is 11.5. The van der Waals surface area contributed by atoms with Gasteiger partial charge in [0.05, 0.1) is 12.7 Å². The Hall–Kier alpha value is -1.74. The summed E-state index contributed by atoms with van der Waals surface area (Å²) in [5.74, 6) is 0.641. The molecule has 0 radical (unpaired) electrons. The first-order valence-electron chi connectivity index (χ1n) is 9.18. The summed E-state index contributed by atoms with van der Waals surface area (Å²) in [5, 5.41) is 0. The van der Waals surface area contributed by atoms with Crippen molar-refractivity contribution in [2.75, 3.05) is 7.11 Å². The molecule has 0 fully saturated rings. The van der Waals surface area contributed by atoms with Gasteiger partial charge in [-0.1, -0.05) is 45.9 Å². The van der Waals surface area contributed by atoms with Crippen LogP contribution in [0.5, 0.6) is 0 Å². The van der Waals surface area contributed by atoms with Crippen LogP contribution in [0.25, 0.3) is 0 Å². The van der Waals surface area contributed by atoms with Gasteiger partial charge in [0.2, 0.25) is 0 Å². The Balaban J connectivity index is 1.76. The maximum Gasteiger partial charge on any atom is 0.337 e. The third-order valence-electron chi connectivity index (χ3n) is 5.60. The summed E-state index contributed by atoms with van der Waals surface area (Å²) in [7, 11) is 1.41. The number of fused-ring (bicyclic) bond motifs is 1. The number of thioether (sulfide) groups is 1. The predicted molar refractivity (Wildman–Crippen MR) is 109 cm³/mol. The first kappa shape index (κ1) is 19.0. The van der Waals surface area contributed by atoms with Crippen LogP contribution < -0.4 is 0 Å². The van der Waals surface area contributed by atoms with Crippen molar-refractivity contribution in [1.29, 1.82) is 0 Å². The largest absolute Gasteiger partial charge is 0.465 e. The van der Waals surface area contributed by atoms with Gasteiger partial charge in [0.25, 0.3) is 0 Å². The van der Waals surface area contributed by atoms with Crippen LogP contribution in [-0.2, 0) is 21.3 Å². The Kier molecular flexibility index (Phi) is 5.21. The van der Waals surface area contributed by atoms with Gasteiger partial charge in [0, 0.05) is 10.6 Å². The van der Waals surface area contributed by atoms with Gasteiger partial charge < -0.3 is 4.74 Å². The zero-order valence-electron chi connectivity index (χ0n) is 16.4. The van der Waals surface area contributed by atoms with Gasteiger partial charge in [-0.2, -0.15) is 0 Å². The summed E-state index contributed by atoms with van der Waals surface area (Å²) < 4.78 is 4.75. The molecule has 26 heavy (non-hydrogen) atoms. The highest BCUT2D eigenvalue weighted by Gasteiger charge is 2.36. The third-order valence-corrected chi connectivity index (χ3v) is 6.68. The van der Waals surface area contributed by atoms with Crippen molar-refractivity contribution in [3.8, 4) is 0 Å². The normalized spacial score (nSPS) is 17.4. The van der Waals surface area contributed by atoms with Crippen molar-refractivity contribution in [3.05, 3.63) is 64.7 Å². The van der Waals surface area contributed by atoms with Crippen molar-refractivity contribution < 1.29 is 9.53 Å². The van der Waals surface area contributed by atoms with Crippen LogP contribution in [0.2, 0.25) is 0 Å². The van der Waals surface area contributed by atoms with Crippen LogP contribution in [0, 0.1) is 0 Å². The Labute approximate surface area is 161 Å². The van der Waals surface area contributed by atoms with E-state index in [9.17, 15) is 4.79 Å². The summed E-state index contributed by atoms with van der Waals surface area (Å²) >= 11 is 1.80. The van der Waals surface area contributed by atoms with E-state index in [2.05, 4.69) is 45.9 Å². The molecule has 0 unspecified atom stereocenters. The van der Waals surface area contributed by atoms with Crippen molar-refractivity contribution >= 4 is 17.7 Å². The minimum atomic E-state index is -0.291. The number of benzene rings is 2. The van der Waals surface area contributed by atoms with Gasteiger partial charge in [-0.3, -0.25) is 0 Å². The lowest BCUT2D eigenvalue weighted by Crippen LogP contribution is -2.33. The van der Waals surface area contributed by atoms with Crippen molar-refractivity contribution in [3.63, 3.8) is 0 Å².